The van der Waals surface area contributed by atoms with Gasteiger partial charge in [-0.1, -0.05) is 19.8 Å². The summed E-state index contributed by atoms with van der Waals surface area (Å²) in [6, 6.07) is -0.0329. The number of carbonyl (C=O) groups excluding carboxylic acids is 1. The van der Waals surface area contributed by atoms with E-state index in [1.807, 2.05) is 6.92 Å². The number of aliphatic hydroxyl groups is 1. The van der Waals surface area contributed by atoms with Crippen LogP contribution in [0.5, 0.6) is 0 Å². The van der Waals surface area contributed by atoms with Gasteiger partial charge in [0.05, 0.1) is 12.1 Å². The van der Waals surface area contributed by atoms with E-state index in [0.717, 1.165) is 32.1 Å². The summed E-state index contributed by atoms with van der Waals surface area (Å²) >= 11 is 0. The maximum absolute atomic E-state index is 11.6. The van der Waals surface area contributed by atoms with Crippen LogP contribution in [0.2, 0.25) is 0 Å². The third-order valence-corrected chi connectivity index (χ3v) is 3.34. The fourth-order valence-corrected chi connectivity index (χ4v) is 2.05. The van der Waals surface area contributed by atoms with Gasteiger partial charge in [0, 0.05) is 6.42 Å². The first-order valence-corrected chi connectivity index (χ1v) is 6.31. The molecule has 4 N–H and O–H groups in total. The molecule has 1 rings (SSSR count). The van der Waals surface area contributed by atoms with Gasteiger partial charge in [0.2, 0.25) is 5.91 Å². The average Bonchev–Trinajstić information content (AvgIpc) is 2.29. The minimum atomic E-state index is -0.357. The molecule has 3 atom stereocenters. The normalized spacial score (nSPS) is 27.4. The smallest absolute Gasteiger partial charge is 0.220 e. The van der Waals surface area contributed by atoms with Crippen LogP contribution in [0, 0.1) is 5.92 Å². The van der Waals surface area contributed by atoms with E-state index >= 15 is 0 Å². The summed E-state index contributed by atoms with van der Waals surface area (Å²) in [5.41, 5.74) is 5.49. The summed E-state index contributed by atoms with van der Waals surface area (Å²) in [4.78, 5) is 11.6. The lowest BCUT2D eigenvalue weighted by atomic mass is 9.92. The monoisotopic (exact) mass is 228 g/mol. The summed E-state index contributed by atoms with van der Waals surface area (Å²) < 4.78 is 0. The number of aliphatic hydroxyl groups excluding tert-OH is 1. The lowest BCUT2D eigenvalue weighted by Gasteiger charge is -2.28. The van der Waals surface area contributed by atoms with Crippen molar-refractivity contribution in [3.63, 3.8) is 0 Å². The van der Waals surface area contributed by atoms with Crippen molar-refractivity contribution in [2.45, 2.75) is 57.6 Å². The van der Waals surface area contributed by atoms with Crippen molar-refractivity contribution in [2.24, 2.45) is 11.7 Å². The van der Waals surface area contributed by atoms with Gasteiger partial charge in [-0.15, -0.1) is 0 Å². The molecule has 1 unspecified atom stereocenters. The van der Waals surface area contributed by atoms with Crippen LogP contribution in [0.4, 0.5) is 0 Å². The lowest BCUT2D eigenvalue weighted by Crippen LogP contribution is -2.45. The molecule has 0 aromatic carbocycles. The van der Waals surface area contributed by atoms with E-state index in [4.69, 9.17) is 5.73 Å². The Kier molecular flexibility index (Phi) is 5.77. The van der Waals surface area contributed by atoms with Crippen LogP contribution in [-0.4, -0.2) is 29.7 Å². The highest BCUT2D eigenvalue weighted by Gasteiger charge is 2.24. The molecule has 1 amide bonds. The number of hydrogen-bond donors (Lipinski definition) is 3. The molecule has 1 saturated carbocycles. The van der Waals surface area contributed by atoms with Crippen LogP contribution in [0.25, 0.3) is 0 Å². The molecule has 16 heavy (non-hydrogen) atoms. The zero-order valence-corrected chi connectivity index (χ0v) is 10.1. The molecule has 1 fully saturated rings. The Morgan fingerprint density at radius 3 is 2.81 bits per heavy atom. The SMILES string of the molecule is CC(CN)CCC(=O)N[C@@H]1CCCC[C@H]1O. The summed E-state index contributed by atoms with van der Waals surface area (Å²) in [5, 5.41) is 12.6. The zero-order chi connectivity index (χ0) is 12.0. The molecular weight excluding hydrogens is 204 g/mol. The van der Waals surface area contributed by atoms with Gasteiger partial charge in [0.15, 0.2) is 0 Å². The summed E-state index contributed by atoms with van der Waals surface area (Å²) in [5.74, 6) is 0.438. The Morgan fingerprint density at radius 1 is 1.50 bits per heavy atom. The van der Waals surface area contributed by atoms with E-state index in [1.54, 1.807) is 0 Å². The number of amides is 1. The second-order valence-corrected chi connectivity index (χ2v) is 4.91. The minimum Gasteiger partial charge on any atom is -0.391 e. The van der Waals surface area contributed by atoms with E-state index in [1.165, 1.54) is 0 Å². The van der Waals surface area contributed by atoms with E-state index in [9.17, 15) is 9.90 Å². The van der Waals surface area contributed by atoms with Crippen molar-refractivity contribution in [3.05, 3.63) is 0 Å². The highest BCUT2D eigenvalue weighted by molar-refractivity contribution is 5.76. The van der Waals surface area contributed by atoms with E-state index in [2.05, 4.69) is 5.32 Å². The van der Waals surface area contributed by atoms with Gasteiger partial charge < -0.3 is 16.2 Å². The molecule has 0 aliphatic heterocycles. The Balaban J connectivity index is 2.22. The van der Waals surface area contributed by atoms with Gasteiger partial charge >= 0.3 is 0 Å². The van der Waals surface area contributed by atoms with Crippen molar-refractivity contribution in [1.29, 1.82) is 0 Å². The zero-order valence-electron chi connectivity index (χ0n) is 10.1. The Hall–Kier alpha value is -0.610. The minimum absolute atomic E-state index is 0.0329. The van der Waals surface area contributed by atoms with Crippen LogP contribution in [-0.2, 0) is 4.79 Å². The number of carbonyl (C=O) groups is 1. The van der Waals surface area contributed by atoms with E-state index in [-0.39, 0.29) is 18.1 Å². The first-order valence-electron chi connectivity index (χ1n) is 6.31. The predicted octanol–water partition coefficient (Wildman–Crippen LogP) is 0.781. The second kappa shape index (κ2) is 6.86. The van der Waals surface area contributed by atoms with Crippen molar-refractivity contribution < 1.29 is 9.90 Å². The molecule has 0 bridgehead atoms. The maximum atomic E-state index is 11.6. The third kappa shape index (κ3) is 4.49. The highest BCUT2D eigenvalue weighted by atomic mass is 16.3. The first kappa shape index (κ1) is 13.5. The quantitative estimate of drug-likeness (QED) is 0.651. The van der Waals surface area contributed by atoms with Gasteiger partial charge in [-0.05, 0) is 31.7 Å². The van der Waals surface area contributed by atoms with Crippen LogP contribution >= 0.6 is 0 Å². The number of rotatable bonds is 5. The first-order chi connectivity index (χ1) is 7.63. The molecule has 0 heterocycles. The van der Waals surface area contributed by atoms with Gasteiger partial charge in [0.25, 0.3) is 0 Å². The molecule has 1 aliphatic carbocycles. The average molecular weight is 228 g/mol. The molecule has 0 aromatic heterocycles. The van der Waals surface area contributed by atoms with Crippen molar-refractivity contribution >= 4 is 5.91 Å². The van der Waals surface area contributed by atoms with Crippen LogP contribution < -0.4 is 11.1 Å². The fourth-order valence-electron chi connectivity index (χ4n) is 2.05. The molecular formula is C12H24N2O2. The van der Waals surface area contributed by atoms with Gasteiger partial charge in [-0.2, -0.15) is 0 Å². The van der Waals surface area contributed by atoms with Crippen molar-refractivity contribution in [3.8, 4) is 0 Å². The number of hydrogen-bond acceptors (Lipinski definition) is 3. The Bertz CT molecular complexity index is 221. The summed E-state index contributed by atoms with van der Waals surface area (Å²) in [7, 11) is 0. The van der Waals surface area contributed by atoms with E-state index in [0.29, 0.717) is 18.9 Å². The number of nitrogens with one attached hydrogen (secondary N) is 1. The molecule has 0 saturated heterocycles. The van der Waals surface area contributed by atoms with Gasteiger partial charge in [-0.25, -0.2) is 0 Å². The van der Waals surface area contributed by atoms with Crippen LogP contribution in [0.1, 0.15) is 45.4 Å². The summed E-state index contributed by atoms with van der Waals surface area (Å²) in [6.45, 7) is 2.67. The highest BCUT2D eigenvalue weighted by Crippen LogP contribution is 2.18. The summed E-state index contributed by atoms with van der Waals surface area (Å²) in [6.07, 6.45) is 4.86. The number of nitrogens with two attached hydrogens (primary N) is 1. The van der Waals surface area contributed by atoms with E-state index < -0.39 is 0 Å². The second-order valence-electron chi connectivity index (χ2n) is 4.91. The molecule has 4 nitrogen and oxygen atoms in total. The molecule has 0 radical (unpaired) electrons. The van der Waals surface area contributed by atoms with Gasteiger partial charge in [-0.3, -0.25) is 4.79 Å². The fraction of sp³-hybridized carbons (Fsp3) is 0.917. The van der Waals surface area contributed by atoms with Crippen molar-refractivity contribution in [2.75, 3.05) is 6.54 Å². The maximum Gasteiger partial charge on any atom is 0.220 e. The predicted molar refractivity (Wildman–Crippen MR) is 63.9 cm³/mol. The van der Waals surface area contributed by atoms with Gasteiger partial charge in [0.1, 0.15) is 0 Å². The lowest BCUT2D eigenvalue weighted by molar-refractivity contribution is -0.123. The molecule has 0 aromatic rings. The molecule has 94 valence electrons. The molecule has 4 heteroatoms. The van der Waals surface area contributed by atoms with Crippen LogP contribution in [0.3, 0.4) is 0 Å². The largest absolute Gasteiger partial charge is 0.391 e. The Morgan fingerprint density at radius 2 is 2.19 bits per heavy atom. The standard InChI is InChI=1S/C12H24N2O2/c1-9(8-13)6-7-12(16)14-10-4-2-3-5-11(10)15/h9-11,15H,2-8,13H2,1H3,(H,14,16)/t9?,10-,11-/m1/s1. The topological polar surface area (TPSA) is 75.4 Å². The Labute approximate surface area is 97.6 Å². The molecule has 1 aliphatic rings. The van der Waals surface area contributed by atoms with Crippen LogP contribution in [0.15, 0.2) is 0 Å². The molecule has 0 spiro atoms. The third-order valence-electron chi connectivity index (χ3n) is 3.34. The van der Waals surface area contributed by atoms with Crippen molar-refractivity contribution in [1.82, 2.24) is 5.32 Å².